The van der Waals surface area contributed by atoms with Gasteiger partial charge in [-0.2, -0.15) is 0 Å². The Bertz CT molecular complexity index is 539. The minimum Gasteiger partial charge on any atom is -0.377 e. The molecule has 0 saturated heterocycles. The first-order chi connectivity index (χ1) is 10.0. The standard InChI is InChI=1S/C15H21N3O3/c1-18(2)13-7-6-11(16-14(19)9-21-3)8-12(13)15(20)17-10-4-5-10/h6-8,10H,4-5,9H2,1-3H3,(H,16,19)(H,17,20). The number of carbonyl (C=O) groups is 2. The highest BCUT2D eigenvalue weighted by Gasteiger charge is 2.25. The van der Waals surface area contributed by atoms with E-state index in [-0.39, 0.29) is 18.4 Å². The summed E-state index contributed by atoms with van der Waals surface area (Å²) in [7, 11) is 5.22. The number of methoxy groups -OCH3 is 1. The Hall–Kier alpha value is -2.08. The molecule has 0 heterocycles. The summed E-state index contributed by atoms with van der Waals surface area (Å²) in [5.74, 6) is -0.354. The molecule has 2 rings (SSSR count). The van der Waals surface area contributed by atoms with Crippen molar-refractivity contribution < 1.29 is 14.3 Å². The van der Waals surface area contributed by atoms with Crippen molar-refractivity contribution in [2.24, 2.45) is 0 Å². The number of anilines is 2. The van der Waals surface area contributed by atoms with Crippen molar-refractivity contribution in [3.8, 4) is 0 Å². The van der Waals surface area contributed by atoms with Gasteiger partial charge in [-0.15, -0.1) is 0 Å². The molecule has 2 amide bonds. The third-order valence-electron chi connectivity index (χ3n) is 3.19. The highest BCUT2D eigenvalue weighted by molar-refractivity contribution is 6.02. The molecule has 1 fully saturated rings. The van der Waals surface area contributed by atoms with Gasteiger partial charge in [0, 0.05) is 38.6 Å². The molecule has 0 aromatic heterocycles. The van der Waals surface area contributed by atoms with Crippen molar-refractivity contribution in [2.45, 2.75) is 18.9 Å². The number of hydrogen-bond donors (Lipinski definition) is 2. The predicted molar refractivity (Wildman–Crippen MR) is 81.8 cm³/mol. The van der Waals surface area contributed by atoms with Crippen molar-refractivity contribution in [3.63, 3.8) is 0 Å². The molecule has 6 nitrogen and oxygen atoms in total. The SMILES string of the molecule is COCC(=O)Nc1ccc(N(C)C)c(C(=O)NC2CC2)c1. The van der Waals surface area contributed by atoms with Crippen molar-refractivity contribution >= 4 is 23.2 Å². The second-order valence-corrected chi connectivity index (χ2v) is 5.36. The molecule has 114 valence electrons. The lowest BCUT2D eigenvalue weighted by Gasteiger charge is -2.18. The zero-order chi connectivity index (χ0) is 15.4. The number of rotatable bonds is 6. The fraction of sp³-hybridized carbons (Fsp3) is 0.467. The summed E-state index contributed by atoms with van der Waals surface area (Å²) in [5, 5.41) is 5.68. The number of hydrogen-bond acceptors (Lipinski definition) is 4. The Morgan fingerprint density at radius 1 is 1.33 bits per heavy atom. The van der Waals surface area contributed by atoms with Crippen molar-refractivity contribution in [3.05, 3.63) is 23.8 Å². The quantitative estimate of drug-likeness (QED) is 0.827. The summed E-state index contributed by atoms with van der Waals surface area (Å²) in [6.45, 7) is -0.0148. The van der Waals surface area contributed by atoms with Gasteiger partial charge in [0.25, 0.3) is 5.91 Å². The van der Waals surface area contributed by atoms with E-state index in [1.807, 2.05) is 25.1 Å². The van der Waals surface area contributed by atoms with Crippen LogP contribution in [0.15, 0.2) is 18.2 Å². The molecule has 1 aliphatic rings. The first-order valence-corrected chi connectivity index (χ1v) is 6.92. The fourth-order valence-electron chi connectivity index (χ4n) is 2.00. The van der Waals surface area contributed by atoms with E-state index in [0.717, 1.165) is 18.5 Å². The zero-order valence-electron chi connectivity index (χ0n) is 12.6. The maximum atomic E-state index is 12.3. The van der Waals surface area contributed by atoms with Gasteiger partial charge in [0.1, 0.15) is 6.61 Å². The normalized spacial score (nSPS) is 13.7. The molecule has 0 radical (unpaired) electrons. The summed E-state index contributed by atoms with van der Waals surface area (Å²) in [6, 6.07) is 5.58. The van der Waals surface area contributed by atoms with E-state index in [2.05, 4.69) is 10.6 Å². The lowest BCUT2D eigenvalue weighted by atomic mass is 10.1. The van der Waals surface area contributed by atoms with Crippen LogP contribution in [-0.4, -0.2) is 45.7 Å². The lowest BCUT2D eigenvalue weighted by molar-refractivity contribution is -0.119. The van der Waals surface area contributed by atoms with Gasteiger partial charge in [0.05, 0.1) is 5.56 Å². The van der Waals surface area contributed by atoms with Gasteiger partial charge in [-0.1, -0.05) is 0 Å². The van der Waals surface area contributed by atoms with E-state index in [1.54, 1.807) is 12.1 Å². The predicted octanol–water partition coefficient (Wildman–Crippen LogP) is 1.23. The van der Waals surface area contributed by atoms with Crippen LogP contribution in [0.25, 0.3) is 0 Å². The minimum absolute atomic E-state index is 0.0148. The van der Waals surface area contributed by atoms with Crippen LogP contribution in [0.2, 0.25) is 0 Å². The number of amides is 2. The van der Waals surface area contributed by atoms with Gasteiger partial charge in [0.2, 0.25) is 5.91 Å². The zero-order valence-corrected chi connectivity index (χ0v) is 12.6. The molecular formula is C15H21N3O3. The van der Waals surface area contributed by atoms with E-state index in [1.165, 1.54) is 7.11 Å². The Kier molecular flexibility index (Phi) is 4.80. The second kappa shape index (κ2) is 6.58. The Morgan fingerprint density at radius 3 is 2.62 bits per heavy atom. The van der Waals surface area contributed by atoms with Crippen LogP contribution in [0, 0.1) is 0 Å². The van der Waals surface area contributed by atoms with Gasteiger partial charge in [-0.05, 0) is 31.0 Å². The number of ether oxygens (including phenoxy) is 1. The average Bonchev–Trinajstić information content (AvgIpc) is 3.22. The molecule has 0 aliphatic heterocycles. The maximum Gasteiger partial charge on any atom is 0.253 e. The molecule has 21 heavy (non-hydrogen) atoms. The molecule has 0 bridgehead atoms. The summed E-state index contributed by atoms with van der Waals surface area (Å²) in [6.07, 6.45) is 2.07. The highest BCUT2D eigenvalue weighted by atomic mass is 16.5. The molecule has 1 saturated carbocycles. The lowest BCUT2D eigenvalue weighted by Crippen LogP contribution is -2.27. The Balaban J connectivity index is 2.20. The topological polar surface area (TPSA) is 70.7 Å². The van der Waals surface area contributed by atoms with Crippen LogP contribution in [0.4, 0.5) is 11.4 Å². The Morgan fingerprint density at radius 2 is 2.05 bits per heavy atom. The molecule has 1 aromatic carbocycles. The third-order valence-corrected chi connectivity index (χ3v) is 3.19. The van der Waals surface area contributed by atoms with E-state index >= 15 is 0 Å². The van der Waals surface area contributed by atoms with Gasteiger partial charge in [0.15, 0.2) is 0 Å². The monoisotopic (exact) mass is 291 g/mol. The fourth-order valence-corrected chi connectivity index (χ4v) is 2.00. The molecular weight excluding hydrogens is 270 g/mol. The minimum atomic E-state index is -0.247. The van der Waals surface area contributed by atoms with Gasteiger partial charge < -0.3 is 20.3 Å². The average molecular weight is 291 g/mol. The van der Waals surface area contributed by atoms with Crippen molar-refractivity contribution in [1.82, 2.24) is 5.32 Å². The van der Waals surface area contributed by atoms with E-state index in [0.29, 0.717) is 17.3 Å². The first-order valence-electron chi connectivity index (χ1n) is 6.92. The van der Waals surface area contributed by atoms with Crippen LogP contribution in [0.5, 0.6) is 0 Å². The first kappa shape index (κ1) is 15.3. The van der Waals surface area contributed by atoms with Crippen molar-refractivity contribution in [1.29, 1.82) is 0 Å². The largest absolute Gasteiger partial charge is 0.377 e. The van der Waals surface area contributed by atoms with Crippen LogP contribution in [-0.2, 0) is 9.53 Å². The molecule has 0 spiro atoms. The Labute approximate surface area is 124 Å². The summed E-state index contributed by atoms with van der Waals surface area (Å²) in [4.78, 5) is 25.7. The summed E-state index contributed by atoms with van der Waals surface area (Å²) < 4.78 is 4.78. The van der Waals surface area contributed by atoms with Gasteiger partial charge in [-0.25, -0.2) is 0 Å². The maximum absolute atomic E-state index is 12.3. The second-order valence-electron chi connectivity index (χ2n) is 5.36. The highest BCUT2D eigenvalue weighted by Crippen LogP contribution is 2.25. The van der Waals surface area contributed by atoms with E-state index in [4.69, 9.17) is 4.74 Å². The number of nitrogens with zero attached hydrogens (tertiary/aromatic N) is 1. The molecule has 0 atom stereocenters. The van der Waals surface area contributed by atoms with E-state index in [9.17, 15) is 9.59 Å². The third kappa shape index (κ3) is 4.19. The molecule has 0 unspecified atom stereocenters. The van der Waals surface area contributed by atoms with Crippen LogP contribution >= 0.6 is 0 Å². The van der Waals surface area contributed by atoms with Crippen LogP contribution in [0.1, 0.15) is 23.2 Å². The van der Waals surface area contributed by atoms with Gasteiger partial charge >= 0.3 is 0 Å². The number of benzene rings is 1. The summed E-state index contributed by atoms with van der Waals surface area (Å²) in [5.41, 5.74) is 1.96. The molecule has 6 heteroatoms. The van der Waals surface area contributed by atoms with Gasteiger partial charge in [-0.3, -0.25) is 9.59 Å². The van der Waals surface area contributed by atoms with Crippen LogP contribution in [0.3, 0.4) is 0 Å². The molecule has 1 aliphatic carbocycles. The van der Waals surface area contributed by atoms with E-state index < -0.39 is 0 Å². The molecule has 1 aromatic rings. The summed E-state index contributed by atoms with van der Waals surface area (Å²) >= 11 is 0. The van der Waals surface area contributed by atoms with Crippen LogP contribution < -0.4 is 15.5 Å². The van der Waals surface area contributed by atoms with Crippen molar-refractivity contribution in [2.75, 3.05) is 38.0 Å². The number of carbonyl (C=O) groups excluding carboxylic acids is 2. The molecule has 2 N–H and O–H groups in total. The number of nitrogens with one attached hydrogen (secondary N) is 2. The smallest absolute Gasteiger partial charge is 0.253 e.